The molecule has 0 radical (unpaired) electrons. The number of nitrogens with zero attached hydrogens (tertiary/aromatic N) is 4. The lowest BCUT2D eigenvalue weighted by atomic mass is 10.2. The van der Waals surface area contributed by atoms with Crippen LogP contribution in [0.5, 0.6) is 0 Å². The minimum absolute atomic E-state index is 0.0214. The predicted octanol–water partition coefficient (Wildman–Crippen LogP) is 6.44. The molecule has 0 aliphatic rings. The molecule has 0 atom stereocenters. The average molecular weight is 480 g/mol. The summed E-state index contributed by atoms with van der Waals surface area (Å²) in [6.07, 6.45) is 3.22. The van der Waals surface area contributed by atoms with Gasteiger partial charge in [0.1, 0.15) is 0 Å². The molecule has 0 fully saturated rings. The molecule has 36 heavy (non-hydrogen) atoms. The van der Waals surface area contributed by atoms with Gasteiger partial charge in [0, 0.05) is 58.1 Å². The van der Waals surface area contributed by atoms with E-state index in [1.165, 1.54) is 24.3 Å². The highest BCUT2D eigenvalue weighted by molar-refractivity contribution is 5.91. The number of nitro groups is 2. The Morgan fingerprint density at radius 2 is 0.917 bits per heavy atom. The van der Waals surface area contributed by atoms with Gasteiger partial charge in [0.25, 0.3) is 11.4 Å². The van der Waals surface area contributed by atoms with Crippen LogP contribution in [0.2, 0.25) is 0 Å². The quantitative estimate of drug-likeness (QED) is 0.161. The number of hydrogen-bond donors (Lipinski definition) is 2. The average Bonchev–Trinajstić information content (AvgIpc) is 2.89. The molecule has 4 aromatic carbocycles. The Kier molecular flexibility index (Phi) is 7.37. The van der Waals surface area contributed by atoms with Crippen LogP contribution in [0.3, 0.4) is 0 Å². The summed E-state index contributed by atoms with van der Waals surface area (Å²) in [7, 11) is 0. The van der Waals surface area contributed by atoms with E-state index in [9.17, 15) is 20.2 Å². The standard InChI is InChI=1S/C26H20N6O4/c33-31(34)23-13-9-21(10-14-23)29-25-7-3-1-5-19(25)17-27-28-18-20-6-2-4-8-26(20)30-22-11-15-24(16-12-22)32(35)36/h1-18,29-30H/b27-17-,28-18-. The maximum atomic E-state index is 10.8. The van der Waals surface area contributed by atoms with E-state index in [0.717, 1.165) is 22.5 Å². The fraction of sp³-hybridized carbons (Fsp3) is 0. The van der Waals surface area contributed by atoms with Gasteiger partial charge in [-0.25, -0.2) is 0 Å². The highest BCUT2D eigenvalue weighted by Crippen LogP contribution is 2.23. The molecule has 0 heterocycles. The molecule has 0 saturated carbocycles. The van der Waals surface area contributed by atoms with E-state index in [1.807, 2.05) is 48.5 Å². The van der Waals surface area contributed by atoms with E-state index in [4.69, 9.17) is 0 Å². The number of nitrogens with one attached hydrogen (secondary N) is 2. The van der Waals surface area contributed by atoms with E-state index in [-0.39, 0.29) is 11.4 Å². The van der Waals surface area contributed by atoms with Crippen molar-refractivity contribution in [3.63, 3.8) is 0 Å². The van der Waals surface area contributed by atoms with Gasteiger partial charge in [-0.2, -0.15) is 10.2 Å². The van der Waals surface area contributed by atoms with Crippen LogP contribution < -0.4 is 10.6 Å². The van der Waals surface area contributed by atoms with Crippen molar-refractivity contribution in [1.82, 2.24) is 0 Å². The van der Waals surface area contributed by atoms with Crippen LogP contribution in [0, 0.1) is 20.2 Å². The van der Waals surface area contributed by atoms with E-state index in [0.29, 0.717) is 11.4 Å². The maximum Gasteiger partial charge on any atom is 0.269 e. The van der Waals surface area contributed by atoms with E-state index >= 15 is 0 Å². The molecule has 0 saturated heterocycles. The van der Waals surface area contributed by atoms with Crippen molar-refractivity contribution in [3.05, 3.63) is 128 Å². The van der Waals surface area contributed by atoms with Crippen LogP contribution in [0.4, 0.5) is 34.1 Å². The second-order valence-corrected chi connectivity index (χ2v) is 7.52. The van der Waals surface area contributed by atoms with Gasteiger partial charge in [-0.15, -0.1) is 0 Å². The van der Waals surface area contributed by atoms with E-state index in [2.05, 4.69) is 20.8 Å². The molecule has 0 bridgehead atoms. The predicted molar refractivity (Wildman–Crippen MR) is 141 cm³/mol. The Bertz CT molecular complexity index is 1320. The van der Waals surface area contributed by atoms with Gasteiger partial charge in [0.15, 0.2) is 0 Å². The molecule has 0 aromatic heterocycles. The largest absolute Gasteiger partial charge is 0.355 e. The van der Waals surface area contributed by atoms with Crippen molar-refractivity contribution >= 4 is 46.6 Å². The lowest BCUT2D eigenvalue weighted by Crippen LogP contribution is -1.96. The smallest absolute Gasteiger partial charge is 0.269 e. The zero-order valence-corrected chi connectivity index (χ0v) is 18.8. The Hall–Kier alpha value is -5.38. The molecule has 10 nitrogen and oxygen atoms in total. The van der Waals surface area contributed by atoms with Gasteiger partial charge < -0.3 is 10.6 Å². The van der Waals surface area contributed by atoms with E-state index < -0.39 is 9.85 Å². The van der Waals surface area contributed by atoms with Crippen molar-refractivity contribution in [2.75, 3.05) is 10.6 Å². The third kappa shape index (κ3) is 6.14. The maximum absolute atomic E-state index is 10.8. The minimum Gasteiger partial charge on any atom is -0.355 e. The Morgan fingerprint density at radius 3 is 1.28 bits per heavy atom. The van der Waals surface area contributed by atoms with Crippen LogP contribution in [0.25, 0.3) is 0 Å². The molecule has 2 N–H and O–H groups in total. The number of hydrogen-bond acceptors (Lipinski definition) is 8. The monoisotopic (exact) mass is 480 g/mol. The highest BCUT2D eigenvalue weighted by Gasteiger charge is 2.06. The van der Waals surface area contributed by atoms with Crippen molar-refractivity contribution in [1.29, 1.82) is 0 Å². The normalized spacial score (nSPS) is 11.0. The van der Waals surface area contributed by atoms with Crippen LogP contribution in [-0.2, 0) is 0 Å². The fourth-order valence-electron chi connectivity index (χ4n) is 3.28. The van der Waals surface area contributed by atoms with Gasteiger partial charge in [-0.3, -0.25) is 20.2 Å². The first-order chi connectivity index (χ1) is 17.5. The third-order valence-electron chi connectivity index (χ3n) is 5.10. The topological polar surface area (TPSA) is 135 Å². The zero-order valence-electron chi connectivity index (χ0n) is 18.8. The first kappa shape index (κ1) is 23.8. The molecule has 0 aliphatic carbocycles. The SMILES string of the molecule is O=[N+]([O-])c1ccc(Nc2ccccc2/C=N\N=C/c2ccccc2Nc2ccc([N+](=O)[O-])cc2)cc1. The molecule has 4 aromatic rings. The molecular formula is C26H20N6O4. The van der Waals surface area contributed by atoms with Crippen molar-refractivity contribution in [2.45, 2.75) is 0 Å². The summed E-state index contributed by atoms with van der Waals surface area (Å²) in [6, 6.07) is 27.3. The molecule has 4 rings (SSSR count). The number of para-hydroxylation sites is 2. The lowest BCUT2D eigenvalue weighted by Gasteiger charge is -2.09. The molecular weight excluding hydrogens is 460 g/mol. The second-order valence-electron chi connectivity index (χ2n) is 7.52. The third-order valence-corrected chi connectivity index (χ3v) is 5.10. The zero-order chi connectivity index (χ0) is 25.3. The number of nitro benzene ring substituents is 2. The van der Waals surface area contributed by atoms with E-state index in [1.54, 1.807) is 36.7 Å². The number of anilines is 4. The molecule has 0 spiro atoms. The summed E-state index contributed by atoms with van der Waals surface area (Å²) in [4.78, 5) is 20.8. The van der Waals surface area contributed by atoms with Gasteiger partial charge >= 0.3 is 0 Å². The molecule has 0 amide bonds. The second kappa shape index (κ2) is 11.2. The Balaban J connectivity index is 1.46. The first-order valence-electron chi connectivity index (χ1n) is 10.8. The van der Waals surface area contributed by atoms with Crippen molar-refractivity contribution in [3.8, 4) is 0 Å². The summed E-state index contributed by atoms with van der Waals surface area (Å²) < 4.78 is 0. The summed E-state index contributed by atoms with van der Waals surface area (Å²) in [5.74, 6) is 0. The number of benzene rings is 4. The number of rotatable bonds is 9. The number of non-ortho nitro benzene ring substituents is 2. The molecule has 10 heteroatoms. The summed E-state index contributed by atoms with van der Waals surface area (Å²) in [5.41, 5.74) is 4.56. The summed E-state index contributed by atoms with van der Waals surface area (Å²) in [5, 5.41) is 36.5. The highest BCUT2D eigenvalue weighted by atomic mass is 16.6. The molecule has 0 aliphatic heterocycles. The van der Waals surface area contributed by atoms with Crippen molar-refractivity contribution < 1.29 is 9.85 Å². The van der Waals surface area contributed by atoms with Crippen LogP contribution in [-0.4, -0.2) is 22.3 Å². The summed E-state index contributed by atoms with van der Waals surface area (Å²) in [6.45, 7) is 0. The fourth-order valence-corrected chi connectivity index (χ4v) is 3.28. The first-order valence-corrected chi connectivity index (χ1v) is 10.8. The van der Waals surface area contributed by atoms with Crippen LogP contribution in [0.15, 0.2) is 107 Å². The Morgan fingerprint density at radius 1 is 0.556 bits per heavy atom. The van der Waals surface area contributed by atoms with Crippen LogP contribution in [0.1, 0.15) is 11.1 Å². The molecule has 178 valence electrons. The summed E-state index contributed by atoms with van der Waals surface area (Å²) >= 11 is 0. The van der Waals surface area contributed by atoms with Gasteiger partial charge in [0.2, 0.25) is 0 Å². The Labute approximate surface area is 205 Å². The lowest BCUT2D eigenvalue weighted by molar-refractivity contribution is -0.385. The molecule has 0 unspecified atom stereocenters. The van der Waals surface area contributed by atoms with Crippen LogP contribution >= 0.6 is 0 Å². The van der Waals surface area contributed by atoms with Crippen molar-refractivity contribution in [2.24, 2.45) is 10.2 Å². The van der Waals surface area contributed by atoms with Gasteiger partial charge in [-0.05, 0) is 36.4 Å². The van der Waals surface area contributed by atoms with Gasteiger partial charge in [0.05, 0.1) is 22.3 Å². The minimum atomic E-state index is -0.442. The van der Waals surface area contributed by atoms with Gasteiger partial charge in [-0.1, -0.05) is 36.4 Å².